The summed E-state index contributed by atoms with van der Waals surface area (Å²) in [5, 5.41) is 2.51. The number of hydrogen-bond acceptors (Lipinski definition) is 2. The SMILES string of the molecule is O=C(Nc1cc(C(F)(F)F)ccc1OCc1ccccc1)c1ccccc1. The van der Waals surface area contributed by atoms with Crippen molar-refractivity contribution in [2.45, 2.75) is 12.8 Å². The van der Waals surface area contributed by atoms with Gasteiger partial charge in [0.1, 0.15) is 12.4 Å². The van der Waals surface area contributed by atoms with Crippen molar-refractivity contribution in [1.29, 1.82) is 0 Å². The summed E-state index contributed by atoms with van der Waals surface area (Å²) >= 11 is 0. The number of halogens is 3. The molecule has 27 heavy (non-hydrogen) atoms. The predicted octanol–water partition coefficient (Wildman–Crippen LogP) is 5.54. The number of alkyl halides is 3. The minimum Gasteiger partial charge on any atom is -0.487 e. The molecule has 0 spiro atoms. The van der Waals surface area contributed by atoms with E-state index in [-0.39, 0.29) is 18.0 Å². The Morgan fingerprint density at radius 2 is 1.52 bits per heavy atom. The van der Waals surface area contributed by atoms with Crippen LogP contribution in [0.4, 0.5) is 18.9 Å². The molecule has 3 nitrogen and oxygen atoms in total. The number of carbonyl (C=O) groups excluding carboxylic acids is 1. The Balaban J connectivity index is 1.86. The molecule has 1 N–H and O–H groups in total. The van der Waals surface area contributed by atoms with E-state index in [1.54, 1.807) is 30.3 Å². The molecule has 0 aromatic heterocycles. The summed E-state index contributed by atoms with van der Waals surface area (Å²) in [5.41, 5.74) is 0.300. The van der Waals surface area contributed by atoms with Gasteiger partial charge >= 0.3 is 6.18 Å². The Hall–Kier alpha value is -3.28. The average molecular weight is 371 g/mol. The minimum atomic E-state index is -4.52. The molecular formula is C21H16F3NO2. The van der Waals surface area contributed by atoms with Gasteiger partial charge in [0.25, 0.3) is 5.91 Å². The molecule has 6 heteroatoms. The summed E-state index contributed by atoms with van der Waals surface area (Å²) in [5.74, 6) is -0.351. The minimum absolute atomic E-state index is 0.0328. The van der Waals surface area contributed by atoms with Gasteiger partial charge in [0.05, 0.1) is 11.3 Å². The topological polar surface area (TPSA) is 38.3 Å². The summed E-state index contributed by atoms with van der Waals surface area (Å²) in [4.78, 5) is 12.4. The first-order chi connectivity index (χ1) is 12.9. The first kappa shape index (κ1) is 18.5. The molecule has 0 fully saturated rings. The Morgan fingerprint density at radius 3 is 2.15 bits per heavy atom. The van der Waals surface area contributed by atoms with E-state index in [2.05, 4.69) is 5.32 Å². The maximum absolute atomic E-state index is 13.1. The highest BCUT2D eigenvalue weighted by molar-refractivity contribution is 6.05. The second kappa shape index (κ2) is 7.95. The van der Waals surface area contributed by atoms with Gasteiger partial charge in [0.15, 0.2) is 0 Å². The molecule has 0 radical (unpaired) electrons. The van der Waals surface area contributed by atoms with Gasteiger partial charge in [-0.1, -0.05) is 48.5 Å². The highest BCUT2D eigenvalue weighted by Crippen LogP contribution is 2.35. The van der Waals surface area contributed by atoms with Crippen molar-refractivity contribution in [3.8, 4) is 5.75 Å². The van der Waals surface area contributed by atoms with Gasteiger partial charge in [-0.15, -0.1) is 0 Å². The van der Waals surface area contributed by atoms with E-state index in [1.807, 2.05) is 30.3 Å². The summed E-state index contributed by atoms with van der Waals surface area (Å²) in [6.45, 7) is 0.167. The molecule has 0 aliphatic carbocycles. The number of benzene rings is 3. The summed E-state index contributed by atoms with van der Waals surface area (Å²) in [6, 6.07) is 20.5. The summed E-state index contributed by atoms with van der Waals surface area (Å²) < 4.78 is 44.8. The number of ether oxygens (including phenoxy) is 1. The van der Waals surface area contributed by atoms with E-state index in [4.69, 9.17) is 4.74 Å². The second-order valence-corrected chi connectivity index (χ2v) is 5.80. The molecular weight excluding hydrogens is 355 g/mol. The molecule has 0 atom stereocenters. The van der Waals surface area contributed by atoms with Crippen molar-refractivity contribution in [2.24, 2.45) is 0 Å². The number of hydrogen-bond donors (Lipinski definition) is 1. The third kappa shape index (κ3) is 4.88. The van der Waals surface area contributed by atoms with Crippen molar-refractivity contribution in [2.75, 3.05) is 5.32 Å². The first-order valence-electron chi connectivity index (χ1n) is 8.18. The van der Waals surface area contributed by atoms with Crippen LogP contribution in [0, 0.1) is 0 Å². The van der Waals surface area contributed by atoms with Gasteiger partial charge in [0.2, 0.25) is 0 Å². The first-order valence-corrected chi connectivity index (χ1v) is 8.18. The lowest BCUT2D eigenvalue weighted by atomic mass is 10.1. The van der Waals surface area contributed by atoms with Crippen LogP contribution in [0.15, 0.2) is 78.9 Å². The van der Waals surface area contributed by atoms with E-state index in [0.717, 1.165) is 17.7 Å². The smallest absolute Gasteiger partial charge is 0.416 e. The Bertz CT molecular complexity index is 910. The van der Waals surface area contributed by atoms with Gasteiger partial charge < -0.3 is 10.1 Å². The Labute approximate surface area is 154 Å². The lowest BCUT2D eigenvalue weighted by molar-refractivity contribution is -0.137. The second-order valence-electron chi connectivity index (χ2n) is 5.80. The normalized spacial score (nSPS) is 11.1. The lowest BCUT2D eigenvalue weighted by Crippen LogP contribution is -2.14. The standard InChI is InChI=1S/C21H16F3NO2/c22-21(23,24)17-11-12-19(27-14-15-7-3-1-4-8-15)18(13-17)25-20(26)16-9-5-2-6-10-16/h1-13H,14H2,(H,25,26). The molecule has 0 saturated heterocycles. The van der Waals surface area contributed by atoms with E-state index in [9.17, 15) is 18.0 Å². The molecule has 3 aromatic carbocycles. The molecule has 0 heterocycles. The number of nitrogens with one attached hydrogen (secondary N) is 1. The number of anilines is 1. The molecule has 138 valence electrons. The molecule has 0 aliphatic heterocycles. The van der Waals surface area contributed by atoms with Crippen LogP contribution in [-0.4, -0.2) is 5.91 Å². The van der Waals surface area contributed by atoms with Crippen LogP contribution >= 0.6 is 0 Å². The van der Waals surface area contributed by atoms with E-state index < -0.39 is 17.6 Å². The van der Waals surface area contributed by atoms with Gasteiger partial charge in [0, 0.05) is 5.56 Å². The van der Waals surface area contributed by atoms with Crippen molar-refractivity contribution in [1.82, 2.24) is 0 Å². The zero-order valence-corrected chi connectivity index (χ0v) is 14.2. The third-order valence-electron chi connectivity index (χ3n) is 3.83. The van der Waals surface area contributed by atoms with E-state index in [0.29, 0.717) is 5.56 Å². The summed E-state index contributed by atoms with van der Waals surface area (Å²) in [7, 11) is 0. The molecule has 3 rings (SSSR count). The maximum Gasteiger partial charge on any atom is 0.416 e. The lowest BCUT2D eigenvalue weighted by Gasteiger charge is -2.15. The van der Waals surface area contributed by atoms with Crippen LogP contribution < -0.4 is 10.1 Å². The largest absolute Gasteiger partial charge is 0.487 e. The van der Waals surface area contributed by atoms with Crippen LogP contribution in [-0.2, 0) is 12.8 Å². The van der Waals surface area contributed by atoms with Gasteiger partial charge in [-0.05, 0) is 35.9 Å². The van der Waals surface area contributed by atoms with Crippen molar-refractivity contribution < 1.29 is 22.7 Å². The molecule has 0 unspecified atom stereocenters. The highest BCUT2D eigenvalue weighted by atomic mass is 19.4. The molecule has 3 aromatic rings. The van der Waals surface area contributed by atoms with Crippen LogP contribution in [0.5, 0.6) is 5.75 Å². The fraction of sp³-hybridized carbons (Fsp3) is 0.0952. The maximum atomic E-state index is 13.1. The molecule has 1 amide bonds. The average Bonchev–Trinajstić information content (AvgIpc) is 2.67. The van der Waals surface area contributed by atoms with Gasteiger partial charge in [-0.2, -0.15) is 13.2 Å². The summed E-state index contributed by atoms with van der Waals surface area (Å²) in [6.07, 6.45) is -4.52. The van der Waals surface area contributed by atoms with Crippen LogP contribution in [0.3, 0.4) is 0 Å². The van der Waals surface area contributed by atoms with Crippen molar-refractivity contribution in [3.63, 3.8) is 0 Å². The van der Waals surface area contributed by atoms with Crippen LogP contribution in [0.2, 0.25) is 0 Å². The molecule has 0 aliphatic rings. The zero-order valence-electron chi connectivity index (χ0n) is 14.2. The highest BCUT2D eigenvalue weighted by Gasteiger charge is 2.31. The van der Waals surface area contributed by atoms with E-state index >= 15 is 0 Å². The zero-order chi connectivity index (χ0) is 19.3. The predicted molar refractivity (Wildman–Crippen MR) is 96.6 cm³/mol. The molecule has 0 bridgehead atoms. The number of carbonyl (C=O) groups is 1. The van der Waals surface area contributed by atoms with Crippen molar-refractivity contribution >= 4 is 11.6 Å². The quantitative estimate of drug-likeness (QED) is 0.640. The monoisotopic (exact) mass is 371 g/mol. The van der Waals surface area contributed by atoms with E-state index in [1.165, 1.54) is 6.07 Å². The van der Waals surface area contributed by atoms with Crippen LogP contribution in [0.25, 0.3) is 0 Å². The van der Waals surface area contributed by atoms with Crippen LogP contribution in [0.1, 0.15) is 21.5 Å². The number of rotatable bonds is 5. The Morgan fingerprint density at radius 1 is 0.889 bits per heavy atom. The molecule has 0 saturated carbocycles. The fourth-order valence-electron chi connectivity index (χ4n) is 2.45. The van der Waals surface area contributed by atoms with Gasteiger partial charge in [-0.25, -0.2) is 0 Å². The van der Waals surface area contributed by atoms with Crippen molar-refractivity contribution in [3.05, 3.63) is 95.6 Å². The third-order valence-corrected chi connectivity index (χ3v) is 3.83. The fourth-order valence-corrected chi connectivity index (χ4v) is 2.45. The Kier molecular flexibility index (Phi) is 5.45. The number of amides is 1. The van der Waals surface area contributed by atoms with Gasteiger partial charge in [-0.3, -0.25) is 4.79 Å².